The highest BCUT2D eigenvalue weighted by molar-refractivity contribution is 7.18. The molecule has 43 heavy (non-hydrogen) atoms. The molecule has 0 aromatic heterocycles. The fourth-order valence-electron chi connectivity index (χ4n) is 5.37. The molecule has 0 aromatic carbocycles. The van der Waals surface area contributed by atoms with Gasteiger partial charge < -0.3 is 32.7 Å². The van der Waals surface area contributed by atoms with Crippen molar-refractivity contribution in [1.82, 2.24) is 31.9 Å². The molecule has 0 aromatic rings. The van der Waals surface area contributed by atoms with Crippen LogP contribution in [0.5, 0.6) is 0 Å². The highest BCUT2D eigenvalue weighted by Gasteiger charge is 2.41. The molecule has 0 fully saturated rings. The van der Waals surface area contributed by atoms with Crippen molar-refractivity contribution in [3.8, 4) is 0 Å². The molecule has 0 heterocycles. The van der Waals surface area contributed by atoms with Gasteiger partial charge in [0.25, 0.3) is 5.91 Å². The predicted molar refractivity (Wildman–Crippen MR) is 182 cm³/mol. The number of rotatable bonds is 15. The summed E-state index contributed by atoms with van der Waals surface area (Å²) in [6.07, 6.45) is 0.0785. The smallest absolute Gasteiger partial charge is 0.252 e. The van der Waals surface area contributed by atoms with E-state index in [1.165, 1.54) is 0 Å². The van der Waals surface area contributed by atoms with Gasteiger partial charge in [-0.1, -0.05) is 20.8 Å². The van der Waals surface area contributed by atoms with Crippen molar-refractivity contribution >= 4 is 27.0 Å². The van der Waals surface area contributed by atoms with E-state index in [2.05, 4.69) is 68.8 Å². The van der Waals surface area contributed by atoms with Crippen molar-refractivity contribution in [1.29, 1.82) is 0 Å². The van der Waals surface area contributed by atoms with E-state index in [1.54, 1.807) is 0 Å². The van der Waals surface area contributed by atoms with Crippen LogP contribution >= 0.6 is 9.24 Å². The van der Waals surface area contributed by atoms with Crippen molar-refractivity contribution in [2.24, 2.45) is 22.8 Å². The Hall–Kier alpha value is -1.36. The van der Waals surface area contributed by atoms with E-state index in [-0.39, 0.29) is 34.1 Å². The summed E-state index contributed by atoms with van der Waals surface area (Å²) in [5.41, 5.74) is 10.6. The second-order valence-electron chi connectivity index (χ2n) is 17.0. The highest BCUT2D eigenvalue weighted by atomic mass is 31.0. The Morgan fingerprint density at radius 1 is 0.721 bits per heavy atom. The van der Waals surface area contributed by atoms with E-state index in [0.717, 1.165) is 0 Å². The molecule has 0 radical (unpaired) electrons. The van der Waals surface area contributed by atoms with E-state index < -0.39 is 40.6 Å². The molecule has 6 atom stereocenters. The second kappa shape index (κ2) is 15.3. The van der Waals surface area contributed by atoms with Gasteiger partial charge in [0.05, 0.1) is 6.04 Å². The first-order chi connectivity index (χ1) is 18.9. The summed E-state index contributed by atoms with van der Waals surface area (Å²) in [5.74, 6) is -1.42. The lowest BCUT2D eigenvalue weighted by molar-refractivity contribution is -0.133. The molecule has 12 heteroatoms. The molecule has 0 spiro atoms. The van der Waals surface area contributed by atoms with Crippen molar-refractivity contribution in [3.63, 3.8) is 0 Å². The fraction of sp³-hybridized carbons (Fsp3) is 0.903. The zero-order chi connectivity index (χ0) is 34.4. The van der Waals surface area contributed by atoms with Gasteiger partial charge in [-0.3, -0.25) is 25.0 Å². The Morgan fingerprint density at radius 3 is 1.67 bits per heavy atom. The molecule has 3 amide bonds. The minimum atomic E-state index is -0.917. The van der Waals surface area contributed by atoms with Crippen LogP contribution in [0, 0.1) is 11.3 Å². The molecule has 0 aliphatic carbocycles. The van der Waals surface area contributed by atoms with Gasteiger partial charge in [0.2, 0.25) is 11.8 Å². The first-order valence-corrected chi connectivity index (χ1v) is 16.0. The summed E-state index contributed by atoms with van der Waals surface area (Å²) < 4.78 is 0. The van der Waals surface area contributed by atoms with Gasteiger partial charge in [-0.15, -0.1) is 9.24 Å². The molecule has 11 nitrogen and oxygen atoms in total. The summed E-state index contributed by atoms with van der Waals surface area (Å²) in [4.78, 5) is 40.0. The fourth-order valence-corrected chi connectivity index (χ4v) is 6.33. The quantitative estimate of drug-likeness (QED) is 0.100. The maximum atomic E-state index is 13.6. The van der Waals surface area contributed by atoms with E-state index in [0.29, 0.717) is 19.5 Å². The average Bonchev–Trinajstić information content (AvgIpc) is 2.70. The van der Waals surface area contributed by atoms with E-state index in [9.17, 15) is 14.4 Å². The number of hydrogen-bond acceptors (Lipinski definition) is 8. The van der Waals surface area contributed by atoms with E-state index in [4.69, 9.17) is 11.5 Å². The van der Waals surface area contributed by atoms with Crippen LogP contribution in [0.3, 0.4) is 0 Å². The lowest BCUT2D eigenvalue weighted by Gasteiger charge is -2.42. The Balaban J connectivity index is 5.77. The normalized spacial score (nSPS) is 17.7. The minimum absolute atomic E-state index is 0.124. The zero-order valence-corrected chi connectivity index (χ0v) is 31.0. The first-order valence-electron chi connectivity index (χ1n) is 15.4. The second-order valence-corrected chi connectivity index (χ2v) is 18.3. The SMILES string of the molecule is CC(CC(C)(C)NC(=O)C(N)NCNC(C)(C)C)C(NC(=O)C(N)C(C)(C)CC(C)(P)NC(C)(C)C)C(=O)NC(C)(C)C. The van der Waals surface area contributed by atoms with Crippen LogP contribution in [0.2, 0.25) is 0 Å². The summed E-state index contributed by atoms with van der Waals surface area (Å²) in [6, 6.07) is -1.74. The average molecular weight is 631 g/mol. The molecular formula is C31H67N8O3P. The number of nitrogens with one attached hydrogen (secondary N) is 6. The zero-order valence-electron chi connectivity index (χ0n) is 29.9. The number of carbonyl (C=O) groups excluding carboxylic acids is 3. The van der Waals surface area contributed by atoms with Gasteiger partial charge in [-0.2, -0.15) is 0 Å². The largest absolute Gasteiger partial charge is 0.350 e. The molecule has 254 valence electrons. The van der Waals surface area contributed by atoms with Crippen LogP contribution in [-0.4, -0.2) is 70.1 Å². The molecule has 0 rings (SSSR count). The van der Waals surface area contributed by atoms with Crippen molar-refractivity contribution in [3.05, 3.63) is 0 Å². The molecule has 0 saturated carbocycles. The maximum absolute atomic E-state index is 13.6. The van der Waals surface area contributed by atoms with Gasteiger partial charge in [0.15, 0.2) is 0 Å². The molecule has 0 aliphatic rings. The summed E-state index contributed by atoms with van der Waals surface area (Å²) in [7, 11) is 2.84. The third-order valence-corrected chi connectivity index (χ3v) is 7.12. The third-order valence-electron chi connectivity index (χ3n) is 6.77. The number of amides is 3. The highest BCUT2D eigenvalue weighted by Crippen LogP contribution is 2.35. The van der Waals surface area contributed by atoms with Crippen LogP contribution < -0.4 is 43.4 Å². The van der Waals surface area contributed by atoms with E-state index >= 15 is 0 Å². The van der Waals surface area contributed by atoms with Crippen LogP contribution in [0.25, 0.3) is 0 Å². The molecular weight excluding hydrogens is 563 g/mol. The van der Waals surface area contributed by atoms with Crippen molar-refractivity contribution in [2.75, 3.05) is 6.67 Å². The van der Waals surface area contributed by atoms with Crippen LogP contribution in [0.1, 0.15) is 117 Å². The lowest BCUT2D eigenvalue weighted by Crippen LogP contribution is -2.62. The van der Waals surface area contributed by atoms with Crippen LogP contribution in [0.4, 0.5) is 0 Å². The van der Waals surface area contributed by atoms with Gasteiger partial charge in [-0.05, 0) is 107 Å². The Bertz CT molecular complexity index is 933. The van der Waals surface area contributed by atoms with Gasteiger partial charge in [0, 0.05) is 34.1 Å². The van der Waals surface area contributed by atoms with Crippen molar-refractivity contribution < 1.29 is 14.4 Å². The van der Waals surface area contributed by atoms with Crippen LogP contribution in [-0.2, 0) is 14.4 Å². The van der Waals surface area contributed by atoms with Gasteiger partial charge in [0.1, 0.15) is 12.2 Å². The van der Waals surface area contributed by atoms with Crippen molar-refractivity contribution in [2.45, 2.75) is 162 Å². The number of carbonyl (C=O) groups is 3. The predicted octanol–water partition coefficient (Wildman–Crippen LogP) is 2.25. The molecule has 0 saturated heterocycles. The van der Waals surface area contributed by atoms with E-state index in [1.807, 2.05) is 76.2 Å². The van der Waals surface area contributed by atoms with Crippen LogP contribution in [0.15, 0.2) is 0 Å². The molecule has 0 bridgehead atoms. The summed E-state index contributed by atoms with van der Waals surface area (Å²) in [6.45, 7) is 30.0. The standard InChI is InChI=1S/C31H67N8O3P/c1-19(16-30(13,14)38-25(42)22(33)34-18-35-26(2,3)4)20(23(40)37-27(5,6)7)36-24(41)21(32)29(11,12)17-31(15,43)39-28(8,9)10/h19-22,34-35,39H,16-18,32-33,43H2,1-15H3,(H,36,41)(H,37,40)(H,38,42). The minimum Gasteiger partial charge on any atom is -0.350 e. The monoisotopic (exact) mass is 631 g/mol. The lowest BCUT2D eigenvalue weighted by atomic mass is 9.78. The molecule has 6 unspecified atom stereocenters. The third kappa shape index (κ3) is 17.6. The number of hydrogen-bond donors (Lipinski definition) is 8. The Morgan fingerprint density at radius 2 is 1.23 bits per heavy atom. The Labute approximate surface area is 264 Å². The first kappa shape index (κ1) is 41.6. The Kier molecular flexibility index (Phi) is 14.8. The maximum Gasteiger partial charge on any atom is 0.252 e. The molecule has 10 N–H and O–H groups in total. The topological polar surface area (TPSA) is 175 Å². The van der Waals surface area contributed by atoms with Gasteiger partial charge >= 0.3 is 0 Å². The number of nitrogens with two attached hydrogens (primary N) is 2. The molecule has 0 aliphatic heterocycles. The summed E-state index contributed by atoms with van der Waals surface area (Å²) in [5, 5.41) is 18.4. The van der Waals surface area contributed by atoms with Gasteiger partial charge in [-0.25, -0.2) is 0 Å². The summed E-state index contributed by atoms with van der Waals surface area (Å²) >= 11 is 0.